The molecule has 5 nitrogen and oxygen atoms in total. The van der Waals surface area contributed by atoms with E-state index in [-0.39, 0.29) is 28.3 Å². The number of fused-ring (bicyclic) bond motifs is 1. The van der Waals surface area contributed by atoms with Gasteiger partial charge in [0.2, 0.25) is 5.91 Å². The van der Waals surface area contributed by atoms with Gasteiger partial charge in [-0.25, -0.2) is 4.39 Å². The maximum absolute atomic E-state index is 13.8. The standard InChI is InChI=1S/C22H19ClF4N2O3/c23-16-5-4-12(24)9-15(16)19-18-14(21(32)29-19)2-1-3-17(18)28-20(31)10-6-11(22(25,26)27)8-13(30)7-10/h1-5,9-11,13,19,30H,6-8H2,(H,28,31)(H,29,32)/t10-,11+,13+,19+/m0/s1. The summed E-state index contributed by atoms with van der Waals surface area (Å²) >= 11 is 6.21. The summed E-state index contributed by atoms with van der Waals surface area (Å²) in [4.78, 5) is 25.3. The number of hydrogen-bond acceptors (Lipinski definition) is 3. The Kier molecular flexibility index (Phi) is 5.89. The van der Waals surface area contributed by atoms with Crippen LogP contribution in [0.5, 0.6) is 0 Å². The summed E-state index contributed by atoms with van der Waals surface area (Å²) in [5.41, 5.74) is 1.08. The molecule has 0 radical (unpaired) electrons. The van der Waals surface area contributed by atoms with E-state index in [9.17, 15) is 32.3 Å². The van der Waals surface area contributed by atoms with Crippen LogP contribution in [0.3, 0.4) is 0 Å². The number of anilines is 1. The third-order valence-electron chi connectivity index (χ3n) is 5.96. The maximum atomic E-state index is 13.8. The molecule has 1 aliphatic carbocycles. The second-order valence-electron chi connectivity index (χ2n) is 8.12. The third-order valence-corrected chi connectivity index (χ3v) is 6.30. The number of benzene rings is 2. The Balaban J connectivity index is 1.64. The van der Waals surface area contributed by atoms with E-state index in [0.29, 0.717) is 5.56 Å². The Hall–Kier alpha value is -2.65. The molecule has 10 heteroatoms. The Bertz CT molecular complexity index is 1080. The predicted molar refractivity (Wildman–Crippen MR) is 109 cm³/mol. The molecule has 0 saturated heterocycles. The Morgan fingerprint density at radius 1 is 1.16 bits per heavy atom. The fourth-order valence-electron chi connectivity index (χ4n) is 4.44. The molecule has 2 aromatic carbocycles. The lowest BCUT2D eigenvalue weighted by Crippen LogP contribution is -2.39. The molecule has 0 spiro atoms. The highest BCUT2D eigenvalue weighted by Crippen LogP contribution is 2.42. The monoisotopic (exact) mass is 470 g/mol. The second-order valence-corrected chi connectivity index (χ2v) is 8.53. The summed E-state index contributed by atoms with van der Waals surface area (Å²) < 4.78 is 53.4. The van der Waals surface area contributed by atoms with Gasteiger partial charge in [-0.05, 0) is 49.6 Å². The third kappa shape index (κ3) is 4.31. The smallest absolute Gasteiger partial charge is 0.391 e. The number of nitrogens with one attached hydrogen (secondary N) is 2. The summed E-state index contributed by atoms with van der Waals surface area (Å²) in [5, 5.41) is 15.4. The van der Waals surface area contributed by atoms with Crippen LogP contribution in [0.15, 0.2) is 36.4 Å². The van der Waals surface area contributed by atoms with Gasteiger partial charge in [0, 0.05) is 33.3 Å². The van der Waals surface area contributed by atoms with Crippen LogP contribution in [-0.4, -0.2) is 29.2 Å². The SMILES string of the molecule is O=C1N[C@H](c2cc(F)ccc2Cl)c2c(NC(=O)[C@@H]3C[C@@H](O)C[C@H](C(F)(F)F)C3)cccc21. The van der Waals surface area contributed by atoms with Crippen LogP contribution in [-0.2, 0) is 4.79 Å². The molecule has 1 heterocycles. The zero-order valence-electron chi connectivity index (χ0n) is 16.5. The first-order valence-electron chi connectivity index (χ1n) is 9.99. The molecule has 4 atom stereocenters. The molecule has 2 amide bonds. The number of aliphatic hydroxyl groups is 1. The fraction of sp³-hybridized carbons (Fsp3) is 0.364. The molecule has 170 valence electrons. The molecule has 1 fully saturated rings. The van der Waals surface area contributed by atoms with Crippen molar-refractivity contribution in [3.63, 3.8) is 0 Å². The van der Waals surface area contributed by atoms with Crippen LogP contribution in [0.25, 0.3) is 0 Å². The van der Waals surface area contributed by atoms with Crippen LogP contribution in [0.2, 0.25) is 5.02 Å². The summed E-state index contributed by atoms with van der Waals surface area (Å²) in [7, 11) is 0. The molecule has 4 rings (SSSR count). The van der Waals surface area contributed by atoms with E-state index < -0.39 is 60.6 Å². The van der Waals surface area contributed by atoms with E-state index in [4.69, 9.17) is 11.6 Å². The van der Waals surface area contributed by atoms with Crippen molar-refractivity contribution in [1.29, 1.82) is 0 Å². The van der Waals surface area contributed by atoms with Gasteiger partial charge in [-0.3, -0.25) is 9.59 Å². The summed E-state index contributed by atoms with van der Waals surface area (Å²) in [6, 6.07) is 7.40. The molecule has 32 heavy (non-hydrogen) atoms. The number of aliphatic hydroxyl groups excluding tert-OH is 1. The number of rotatable bonds is 3. The van der Waals surface area contributed by atoms with Crippen LogP contribution < -0.4 is 10.6 Å². The van der Waals surface area contributed by atoms with Crippen molar-refractivity contribution < 1.29 is 32.3 Å². The Morgan fingerprint density at radius 2 is 1.91 bits per heavy atom. The van der Waals surface area contributed by atoms with Crippen molar-refractivity contribution in [2.75, 3.05) is 5.32 Å². The van der Waals surface area contributed by atoms with Crippen molar-refractivity contribution in [2.45, 2.75) is 37.6 Å². The van der Waals surface area contributed by atoms with Gasteiger partial charge < -0.3 is 15.7 Å². The molecular formula is C22H19ClF4N2O3. The lowest BCUT2D eigenvalue weighted by Gasteiger charge is -2.33. The average Bonchev–Trinajstić information content (AvgIpc) is 3.06. The minimum Gasteiger partial charge on any atom is -0.393 e. The molecule has 0 aromatic heterocycles. The van der Waals surface area contributed by atoms with Crippen LogP contribution in [0.4, 0.5) is 23.2 Å². The van der Waals surface area contributed by atoms with Crippen LogP contribution in [0, 0.1) is 17.7 Å². The topological polar surface area (TPSA) is 78.4 Å². The van der Waals surface area contributed by atoms with Crippen molar-refractivity contribution in [3.8, 4) is 0 Å². The van der Waals surface area contributed by atoms with Crippen molar-refractivity contribution in [3.05, 3.63) is 63.9 Å². The van der Waals surface area contributed by atoms with E-state index >= 15 is 0 Å². The zero-order valence-corrected chi connectivity index (χ0v) is 17.3. The number of carbonyl (C=O) groups is 2. The molecule has 0 unspecified atom stereocenters. The lowest BCUT2D eigenvalue weighted by molar-refractivity contribution is -0.194. The molecular weight excluding hydrogens is 452 g/mol. The maximum Gasteiger partial charge on any atom is 0.391 e. The number of hydrogen-bond donors (Lipinski definition) is 3. The first-order chi connectivity index (χ1) is 15.0. The van der Waals surface area contributed by atoms with Gasteiger partial charge in [-0.15, -0.1) is 0 Å². The predicted octanol–water partition coefficient (Wildman–Crippen LogP) is 4.59. The number of carbonyl (C=O) groups excluding carboxylic acids is 2. The lowest BCUT2D eigenvalue weighted by atomic mass is 9.79. The average molecular weight is 471 g/mol. The number of alkyl halides is 3. The van der Waals surface area contributed by atoms with Crippen LogP contribution in [0.1, 0.15) is 46.8 Å². The van der Waals surface area contributed by atoms with Crippen molar-refractivity contribution >= 4 is 29.1 Å². The van der Waals surface area contributed by atoms with E-state index in [1.165, 1.54) is 36.4 Å². The quantitative estimate of drug-likeness (QED) is 0.574. The first-order valence-corrected chi connectivity index (χ1v) is 10.4. The highest BCUT2D eigenvalue weighted by atomic mass is 35.5. The molecule has 1 saturated carbocycles. The Morgan fingerprint density at radius 3 is 2.62 bits per heavy atom. The molecule has 0 bridgehead atoms. The highest BCUT2D eigenvalue weighted by Gasteiger charge is 2.46. The number of halogens is 5. The molecule has 1 aliphatic heterocycles. The first kappa shape index (κ1) is 22.5. The molecule has 2 aliphatic rings. The van der Waals surface area contributed by atoms with Gasteiger partial charge in [0.05, 0.1) is 18.1 Å². The zero-order chi connectivity index (χ0) is 23.2. The van der Waals surface area contributed by atoms with Gasteiger partial charge in [0.1, 0.15) is 5.82 Å². The molecule has 2 aromatic rings. The van der Waals surface area contributed by atoms with Gasteiger partial charge in [-0.1, -0.05) is 17.7 Å². The van der Waals surface area contributed by atoms with E-state index in [1.807, 2.05) is 0 Å². The summed E-state index contributed by atoms with van der Waals surface area (Å²) in [6.45, 7) is 0. The van der Waals surface area contributed by atoms with E-state index in [2.05, 4.69) is 10.6 Å². The van der Waals surface area contributed by atoms with E-state index in [1.54, 1.807) is 0 Å². The highest BCUT2D eigenvalue weighted by molar-refractivity contribution is 6.31. The van der Waals surface area contributed by atoms with Gasteiger partial charge >= 0.3 is 6.18 Å². The van der Waals surface area contributed by atoms with E-state index in [0.717, 1.165) is 0 Å². The largest absolute Gasteiger partial charge is 0.393 e. The minimum absolute atomic E-state index is 0.0935. The Labute approximate surface area is 185 Å². The minimum atomic E-state index is -4.51. The molecule has 3 N–H and O–H groups in total. The summed E-state index contributed by atoms with van der Waals surface area (Å²) in [5.74, 6) is -4.53. The fourth-order valence-corrected chi connectivity index (χ4v) is 4.67. The summed E-state index contributed by atoms with van der Waals surface area (Å²) in [6.07, 6.45) is -6.72. The van der Waals surface area contributed by atoms with Crippen molar-refractivity contribution in [1.82, 2.24) is 5.32 Å². The van der Waals surface area contributed by atoms with Gasteiger partial charge in [0.15, 0.2) is 0 Å². The van der Waals surface area contributed by atoms with Gasteiger partial charge in [0.25, 0.3) is 5.91 Å². The van der Waals surface area contributed by atoms with Crippen LogP contribution >= 0.6 is 11.6 Å². The normalized spacial score (nSPS) is 25.2. The van der Waals surface area contributed by atoms with Gasteiger partial charge in [-0.2, -0.15) is 13.2 Å². The number of amides is 2. The second kappa shape index (κ2) is 8.37. The van der Waals surface area contributed by atoms with Crippen molar-refractivity contribution in [2.24, 2.45) is 11.8 Å².